The summed E-state index contributed by atoms with van der Waals surface area (Å²) in [5.74, 6) is 0. The van der Waals surface area contributed by atoms with Gasteiger partial charge < -0.3 is 15.3 Å². The van der Waals surface area contributed by atoms with Crippen molar-refractivity contribution in [2.24, 2.45) is 0 Å². The van der Waals surface area contributed by atoms with Gasteiger partial charge >= 0.3 is 5.69 Å². The van der Waals surface area contributed by atoms with Gasteiger partial charge in [-0.15, -0.1) is 0 Å². The van der Waals surface area contributed by atoms with Crippen LogP contribution in [0.2, 0.25) is 0 Å². The minimum atomic E-state index is -0.145. The van der Waals surface area contributed by atoms with Gasteiger partial charge in [-0.25, -0.2) is 4.79 Å². The molecule has 0 unspecified atom stereocenters. The van der Waals surface area contributed by atoms with Gasteiger partial charge in [0.2, 0.25) is 0 Å². The normalized spacial score (nSPS) is 11.0. The minimum Gasteiger partial charge on any atom is -0.313 e. The zero-order valence-corrected chi connectivity index (χ0v) is 8.76. The topological polar surface area (TPSA) is 60.7 Å². The van der Waals surface area contributed by atoms with Gasteiger partial charge in [0, 0.05) is 6.54 Å². The van der Waals surface area contributed by atoms with E-state index in [0.29, 0.717) is 0 Å². The first-order chi connectivity index (χ1) is 7.31. The Hall–Kier alpha value is -1.55. The average Bonchev–Trinajstić information content (AvgIpc) is 2.59. The number of nitrogens with one attached hydrogen (secondary N) is 3. The number of H-pyrrole nitrogens is 2. The van der Waals surface area contributed by atoms with Gasteiger partial charge in [0.15, 0.2) is 0 Å². The molecular weight excluding hydrogens is 190 g/mol. The van der Waals surface area contributed by atoms with E-state index in [1.165, 1.54) is 0 Å². The molecule has 2 aromatic rings. The van der Waals surface area contributed by atoms with Crippen molar-refractivity contribution in [2.75, 3.05) is 6.54 Å². The van der Waals surface area contributed by atoms with Crippen molar-refractivity contribution in [3.63, 3.8) is 0 Å². The summed E-state index contributed by atoms with van der Waals surface area (Å²) in [6.45, 7) is 3.91. The molecule has 1 heterocycles. The van der Waals surface area contributed by atoms with Gasteiger partial charge in [0.1, 0.15) is 0 Å². The third-order valence-corrected chi connectivity index (χ3v) is 2.38. The molecule has 3 N–H and O–H groups in total. The van der Waals surface area contributed by atoms with Gasteiger partial charge in [-0.05, 0) is 24.6 Å². The highest BCUT2D eigenvalue weighted by molar-refractivity contribution is 5.77. The predicted octanol–water partition coefficient (Wildman–Crippen LogP) is 1.36. The van der Waals surface area contributed by atoms with Crippen molar-refractivity contribution in [1.82, 2.24) is 15.3 Å². The van der Waals surface area contributed by atoms with Crippen molar-refractivity contribution in [3.8, 4) is 0 Å². The Morgan fingerprint density at radius 1 is 1.33 bits per heavy atom. The quantitative estimate of drug-likeness (QED) is 0.660. The number of rotatable bonds is 4. The van der Waals surface area contributed by atoms with Crippen LogP contribution < -0.4 is 11.0 Å². The second kappa shape index (κ2) is 4.31. The molecule has 0 aliphatic rings. The first-order valence-electron chi connectivity index (χ1n) is 5.22. The lowest BCUT2D eigenvalue weighted by Crippen LogP contribution is -2.14. The van der Waals surface area contributed by atoms with E-state index >= 15 is 0 Å². The van der Waals surface area contributed by atoms with Crippen LogP contribution in [0.4, 0.5) is 0 Å². The molecule has 0 saturated heterocycles. The molecule has 1 aromatic heterocycles. The summed E-state index contributed by atoms with van der Waals surface area (Å²) in [5, 5.41) is 3.32. The van der Waals surface area contributed by atoms with Gasteiger partial charge in [-0.3, -0.25) is 0 Å². The van der Waals surface area contributed by atoms with Crippen LogP contribution in [0, 0.1) is 0 Å². The monoisotopic (exact) mass is 205 g/mol. The fourth-order valence-corrected chi connectivity index (χ4v) is 1.67. The Labute approximate surface area is 87.7 Å². The maximum atomic E-state index is 11.1. The fourth-order valence-electron chi connectivity index (χ4n) is 1.67. The number of aromatic amines is 2. The summed E-state index contributed by atoms with van der Waals surface area (Å²) in [4.78, 5) is 16.7. The van der Waals surface area contributed by atoms with E-state index in [1.54, 1.807) is 0 Å². The van der Waals surface area contributed by atoms with Crippen LogP contribution in [-0.2, 0) is 6.54 Å². The Morgan fingerprint density at radius 2 is 2.20 bits per heavy atom. The van der Waals surface area contributed by atoms with Gasteiger partial charge in [0.05, 0.1) is 11.0 Å². The summed E-state index contributed by atoms with van der Waals surface area (Å²) >= 11 is 0. The molecule has 1 aromatic carbocycles. The zero-order chi connectivity index (χ0) is 10.7. The van der Waals surface area contributed by atoms with E-state index in [2.05, 4.69) is 22.2 Å². The third-order valence-electron chi connectivity index (χ3n) is 2.38. The number of fused-ring (bicyclic) bond motifs is 1. The summed E-state index contributed by atoms with van der Waals surface area (Å²) < 4.78 is 0. The van der Waals surface area contributed by atoms with Crippen LogP contribution in [0.15, 0.2) is 23.0 Å². The van der Waals surface area contributed by atoms with E-state index < -0.39 is 0 Å². The first-order valence-corrected chi connectivity index (χ1v) is 5.22. The summed E-state index contributed by atoms with van der Waals surface area (Å²) in [5.41, 5.74) is 2.76. The standard InChI is InChI=1S/C11H15N3O/c1-2-6-12-7-8-4-3-5-9-10(8)14-11(15)13-9/h3-5,12H,2,6-7H2,1H3,(H2,13,14,15). The van der Waals surface area contributed by atoms with Crippen molar-refractivity contribution >= 4 is 11.0 Å². The number of hydrogen-bond acceptors (Lipinski definition) is 2. The number of aromatic nitrogens is 2. The largest absolute Gasteiger partial charge is 0.323 e. The molecule has 2 rings (SSSR count). The molecule has 0 amide bonds. The lowest BCUT2D eigenvalue weighted by Gasteiger charge is -2.03. The van der Waals surface area contributed by atoms with Crippen LogP contribution in [0.1, 0.15) is 18.9 Å². The molecule has 0 aliphatic heterocycles. The number of benzene rings is 1. The Bertz CT molecular complexity index is 498. The Balaban J connectivity index is 2.29. The zero-order valence-electron chi connectivity index (χ0n) is 8.76. The minimum absolute atomic E-state index is 0.145. The number of imidazole rings is 1. The van der Waals surface area contributed by atoms with E-state index in [0.717, 1.165) is 36.1 Å². The molecule has 0 spiro atoms. The highest BCUT2D eigenvalue weighted by atomic mass is 16.1. The molecule has 80 valence electrons. The molecule has 4 heteroatoms. The SMILES string of the molecule is CCCNCc1cccc2[nH]c(=O)[nH]c12. The van der Waals surface area contributed by atoms with Crippen LogP contribution in [0.5, 0.6) is 0 Å². The van der Waals surface area contributed by atoms with E-state index in [4.69, 9.17) is 0 Å². The molecule has 0 saturated carbocycles. The maximum absolute atomic E-state index is 11.1. The van der Waals surface area contributed by atoms with Crippen LogP contribution in [-0.4, -0.2) is 16.5 Å². The first kappa shape index (κ1) is 9.98. The molecule has 15 heavy (non-hydrogen) atoms. The second-order valence-corrected chi connectivity index (χ2v) is 3.60. The summed E-state index contributed by atoms with van der Waals surface area (Å²) in [6, 6.07) is 5.88. The maximum Gasteiger partial charge on any atom is 0.323 e. The molecule has 0 aliphatic carbocycles. The fraction of sp³-hybridized carbons (Fsp3) is 0.364. The van der Waals surface area contributed by atoms with Crippen molar-refractivity contribution in [3.05, 3.63) is 34.2 Å². The van der Waals surface area contributed by atoms with Gasteiger partial charge in [0.25, 0.3) is 0 Å². The van der Waals surface area contributed by atoms with Gasteiger partial charge in [-0.2, -0.15) is 0 Å². The Morgan fingerprint density at radius 3 is 3.00 bits per heavy atom. The Kier molecular flexibility index (Phi) is 2.87. The highest BCUT2D eigenvalue weighted by Crippen LogP contribution is 2.12. The van der Waals surface area contributed by atoms with Crippen LogP contribution >= 0.6 is 0 Å². The molecular formula is C11H15N3O. The molecule has 4 nitrogen and oxygen atoms in total. The van der Waals surface area contributed by atoms with Crippen molar-refractivity contribution < 1.29 is 0 Å². The lowest BCUT2D eigenvalue weighted by atomic mass is 10.2. The van der Waals surface area contributed by atoms with Crippen LogP contribution in [0.25, 0.3) is 11.0 Å². The predicted molar refractivity (Wildman–Crippen MR) is 60.9 cm³/mol. The van der Waals surface area contributed by atoms with E-state index in [1.807, 2.05) is 18.2 Å². The lowest BCUT2D eigenvalue weighted by molar-refractivity contribution is 0.677. The molecule has 0 atom stereocenters. The van der Waals surface area contributed by atoms with Crippen molar-refractivity contribution in [2.45, 2.75) is 19.9 Å². The van der Waals surface area contributed by atoms with E-state index in [9.17, 15) is 4.79 Å². The summed E-state index contributed by atoms with van der Waals surface area (Å²) in [6.07, 6.45) is 1.11. The molecule has 0 fully saturated rings. The molecule has 0 bridgehead atoms. The second-order valence-electron chi connectivity index (χ2n) is 3.60. The number of hydrogen-bond donors (Lipinski definition) is 3. The summed E-state index contributed by atoms with van der Waals surface area (Å²) in [7, 11) is 0. The highest BCUT2D eigenvalue weighted by Gasteiger charge is 2.02. The van der Waals surface area contributed by atoms with Crippen molar-refractivity contribution in [1.29, 1.82) is 0 Å². The smallest absolute Gasteiger partial charge is 0.313 e. The number of para-hydroxylation sites is 1. The third kappa shape index (κ3) is 2.10. The molecule has 0 radical (unpaired) electrons. The average molecular weight is 205 g/mol. The van der Waals surface area contributed by atoms with Crippen LogP contribution in [0.3, 0.4) is 0 Å². The van der Waals surface area contributed by atoms with Gasteiger partial charge in [-0.1, -0.05) is 19.1 Å². The van der Waals surface area contributed by atoms with E-state index in [-0.39, 0.29) is 5.69 Å².